The van der Waals surface area contributed by atoms with Gasteiger partial charge in [0.25, 0.3) is 0 Å². The van der Waals surface area contributed by atoms with E-state index in [-0.39, 0.29) is 5.97 Å². The van der Waals surface area contributed by atoms with E-state index in [4.69, 9.17) is 4.74 Å². The Hall–Kier alpha value is -3.30. The van der Waals surface area contributed by atoms with Gasteiger partial charge in [0.05, 0.1) is 5.56 Å². The third kappa shape index (κ3) is 4.16. The Morgan fingerprint density at radius 3 is 1.64 bits per heavy atom. The second-order valence-corrected chi connectivity index (χ2v) is 8.48. The van der Waals surface area contributed by atoms with Gasteiger partial charge < -0.3 is 4.74 Å². The summed E-state index contributed by atoms with van der Waals surface area (Å²) in [6.45, 7) is 0. The molecule has 0 aromatic heterocycles. The van der Waals surface area contributed by atoms with Crippen LogP contribution in [0.15, 0.2) is 130 Å². The van der Waals surface area contributed by atoms with E-state index in [9.17, 15) is 4.79 Å². The van der Waals surface area contributed by atoms with Crippen molar-refractivity contribution >= 4 is 16.9 Å². The summed E-state index contributed by atoms with van der Waals surface area (Å²) in [5, 5.41) is 0. The first-order valence-electron chi connectivity index (χ1n) is 9.09. The van der Waals surface area contributed by atoms with E-state index < -0.39 is 10.9 Å². The minimum Gasteiger partial charge on any atom is -0.423 e. The summed E-state index contributed by atoms with van der Waals surface area (Å²) < 4.78 is 5.63. The average molecular weight is 385 g/mol. The van der Waals surface area contributed by atoms with Crippen molar-refractivity contribution in [2.45, 2.75) is 14.7 Å². The molecule has 138 valence electrons. The number of carbonyl (C=O) groups is 1. The van der Waals surface area contributed by atoms with Crippen LogP contribution in [0.1, 0.15) is 10.4 Å². The molecule has 0 amide bonds. The Morgan fingerprint density at radius 1 is 0.571 bits per heavy atom. The van der Waals surface area contributed by atoms with Crippen LogP contribution in [-0.4, -0.2) is 5.97 Å². The molecule has 0 fully saturated rings. The van der Waals surface area contributed by atoms with Crippen LogP contribution in [0.3, 0.4) is 0 Å². The highest BCUT2D eigenvalue weighted by Crippen LogP contribution is 2.51. The normalized spacial score (nSPS) is 10.9. The minimum atomic E-state index is -0.733. The summed E-state index contributed by atoms with van der Waals surface area (Å²) >= 11 is 0. The fourth-order valence-corrected chi connectivity index (χ4v) is 5.35. The lowest BCUT2D eigenvalue weighted by Gasteiger charge is -2.23. The molecule has 0 aliphatic carbocycles. The maximum absolute atomic E-state index is 12.4. The van der Waals surface area contributed by atoms with Crippen LogP contribution in [0.25, 0.3) is 0 Å². The van der Waals surface area contributed by atoms with Crippen LogP contribution in [0, 0.1) is 0 Å². The summed E-state index contributed by atoms with van der Waals surface area (Å²) in [4.78, 5) is 16.1. The molecule has 0 saturated heterocycles. The molecule has 0 spiro atoms. The molecular weight excluding hydrogens is 364 g/mol. The van der Waals surface area contributed by atoms with Gasteiger partial charge in [-0.15, -0.1) is 0 Å². The number of ether oxygens (including phenoxy) is 1. The molecule has 0 aliphatic rings. The summed E-state index contributed by atoms with van der Waals surface area (Å²) in [5.41, 5.74) is 0.543. The molecule has 0 radical (unpaired) electrons. The molecule has 0 unspecified atom stereocenters. The van der Waals surface area contributed by atoms with Gasteiger partial charge >= 0.3 is 5.97 Å². The van der Waals surface area contributed by atoms with E-state index in [2.05, 4.69) is 54.6 Å². The standard InChI is InChI=1S/C25H20O2S/c26-25(20-11-4-1-5-12-20)27-21-13-10-18-24(19-21)28(22-14-6-2-7-15-22)23-16-8-3-9-17-23/h1-19,28H. The largest absolute Gasteiger partial charge is 0.423 e. The highest BCUT2D eigenvalue weighted by atomic mass is 32.2. The topological polar surface area (TPSA) is 26.3 Å². The fraction of sp³-hybridized carbons (Fsp3) is 0. The quantitative estimate of drug-likeness (QED) is 0.245. The zero-order chi connectivity index (χ0) is 19.2. The van der Waals surface area contributed by atoms with Crippen molar-refractivity contribution in [1.29, 1.82) is 0 Å². The zero-order valence-electron chi connectivity index (χ0n) is 15.2. The summed E-state index contributed by atoms with van der Waals surface area (Å²) in [5.74, 6) is 0.215. The Morgan fingerprint density at radius 2 is 1.07 bits per heavy atom. The van der Waals surface area contributed by atoms with Gasteiger partial charge in [-0.2, -0.15) is 10.9 Å². The monoisotopic (exact) mass is 384 g/mol. The number of carbonyl (C=O) groups excluding carboxylic acids is 1. The van der Waals surface area contributed by atoms with E-state index in [0.717, 1.165) is 4.90 Å². The average Bonchev–Trinajstić information content (AvgIpc) is 2.76. The van der Waals surface area contributed by atoms with Gasteiger partial charge in [-0.1, -0.05) is 60.7 Å². The van der Waals surface area contributed by atoms with E-state index >= 15 is 0 Å². The summed E-state index contributed by atoms with van der Waals surface area (Å²) in [6, 6.07) is 37.8. The molecule has 28 heavy (non-hydrogen) atoms. The van der Waals surface area contributed by atoms with Crippen molar-refractivity contribution in [1.82, 2.24) is 0 Å². The molecule has 4 aromatic carbocycles. The van der Waals surface area contributed by atoms with Crippen LogP contribution in [0.2, 0.25) is 0 Å². The molecule has 0 heterocycles. The molecule has 0 bridgehead atoms. The van der Waals surface area contributed by atoms with E-state index in [0.29, 0.717) is 11.3 Å². The second kappa shape index (κ2) is 8.59. The summed E-state index contributed by atoms with van der Waals surface area (Å²) in [7, 11) is -0.733. The molecule has 0 atom stereocenters. The predicted octanol–water partition coefficient (Wildman–Crippen LogP) is 6.38. The molecule has 0 saturated carbocycles. The van der Waals surface area contributed by atoms with E-state index in [1.165, 1.54) is 9.79 Å². The number of benzene rings is 4. The zero-order valence-corrected chi connectivity index (χ0v) is 16.1. The Balaban J connectivity index is 1.68. The van der Waals surface area contributed by atoms with Crippen LogP contribution in [0.4, 0.5) is 0 Å². The first-order valence-corrected chi connectivity index (χ1v) is 10.4. The number of thiol groups is 1. The second-order valence-electron chi connectivity index (χ2n) is 6.26. The van der Waals surface area contributed by atoms with Crippen molar-refractivity contribution in [3.05, 3.63) is 121 Å². The third-order valence-corrected chi connectivity index (χ3v) is 6.75. The van der Waals surface area contributed by atoms with Gasteiger partial charge in [-0.05, 0) is 69.3 Å². The minimum absolute atomic E-state index is 0.346. The first-order chi connectivity index (χ1) is 13.8. The first kappa shape index (κ1) is 18.1. The molecule has 4 aromatic rings. The van der Waals surface area contributed by atoms with Crippen LogP contribution in [0.5, 0.6) is 5.75 Å². The fourth-order valence-electron chi connectivity index (χ4n) is 3.03. The van der Waals surface area contributed by atoms with Gasteiger partial charge in [0, 0.05) is 0 Å². The molecular formula is C25H20O2S. The van der Waals surface area contributed by atoms with E-state index in [1.807, 2.05) is 48.5 Å². The molecule has 0 N–H and O–H groups in total. The Labute approximate surface area is 167 Å². The van der Waals surface area contributed by atoms with Gasteiger partial charge in [0.15, 0.2) is 0 Å². The van der Waals surface area contributed by atoms with Crippen LogP contribution in [-0.2, 0) is 0 Å². The van der Waals surface area contributed by atoms with Crippen molar-refractivity contribution in [3.8, 4) is 5.75 Å². The van der Waals surface area contributed by atoms with Crippen molar-refractivity contribution in [2.24, 2.45) is 0 Å². The number of esters is 1. The van der Waals surface area contributed by atoms with E-state index in [1.54, 1.807) is 12.1 Å². The number of hydrogen-bond donors (Lipinski definition) is 1. The van der Waals surface area contributed by atoms with Crippen LogP contribution < -0.4 is 4.74 Å². The van der Waals surface area contributed by atoms with Gasteiger partial charge in [-0.3, -0.25) is 0 Å². The van der Waals surface area contributed by atoms with Gasteiger partial charge in [0.1, 0.15) is 5.75 Å². The predicted molar refractivity (Wildman–Crippen MR) is 115 cm³/mol. The molecule has 2 nitrogen and oxygen atoms in total. The summed E-state index contributed by atoms with van der Waals surface area (Å²) in [6.07, 6.45) is 0. The lowest BCUT2D eigenvalue weighted by molar-refractivity contribution is 0.0734. The SMILES string of the molecule is O=C(Oc1cccc([SH](c2ccccc2)c2ccccc2)c1)c1ccccc1. The van der Waals surface area contributed by atoms with Gasteiger partial charge in [-0.25, -0.2) is 4.79 Å². The lowest BCUT2D eigenvalue weighted by Crippen LogP contribution is -2.08. The highest BCUT2D eigenvalue weighted by Gasteiger charge is 2.14. The van der Waals surface area contributed by atoms with Crippen molar-refractivity contribution in [2.75, 3.05) is 0 Å². The maximum Gasteiger partial charge on any atom is 0.343 e. The highest BCUT2D eigenvalue weighted by molar-refractivity contribution is 8.17. The smallest absolute Gasteiger partial charge is 0.343 e. The number of hydrogen-bond acceptors (Lipinski definition) is 2. The van der Waals surface area contributed by atoms with Crippen LogP contribution >= 0.6 is 10.9 Å². The van der Waals surface area contributed by atoms with Gasteiger partial charge in [0.2, 0.25) is 0 Å². The third-order valence-electron chi connectivity index (χ3n) is 4.32. The number of rotatable bonds is 5. The van der Waals surface area contributed by atoms with Crippen molar-refractivity contribution < 1.29 is 9.53 Å². The molecule has 4 rings (SSSR count). The lowest BCUT2D eigenvalue weighted by atomic mass is 10.2. The molecule has 0 aliphatic heterocycles. The molecule has 3 heteroatoms. The Kier molecular flexibility index (Phi) is 5.55. The maximum atomic E-state index is 12.4. The Bertz CT molecular complexity index is 1010. The van der Waals surface area contributed by atoms with Crippen molar-refractivity contribution in [3.63, 3.8) is 0 Å².